The van der Waals surface area contributed by atoms with E-state index in [1.54, 1.807) is 12.1 Å². The molecule has 1 aromatic rings. The van der Waals surface area contributed by atoms with E-state index >= 15 is 0 Å². The summed E-state index contributed by atoms with van der Waals surface area (Å²) >= 11 is 0. The second-order valence-electron chi connectivity index (χ2n) is 5.86. The Morgan fingerprint density at radius 3 is 2.45 bits per heavy atom. The summed E-state index contributed by atoms with van der Waals surface area (Å²) in [5, 5.41) is 8.55. The van der Waals surface area contributed by atoms with E-state index in [2.05, 4.69) is 17.5 Å². The predicted molar refractivity (Wildman–Crippen MR) is 78.4 cm³/mol. The number of sulfonamides is 1. The highest BCUT2D eigenvalue weighted by Crippen LogP contribution is 2.42. The van der Waals surface area contributed by atoms with Crippen LogP contribution in [0.2, 0.25) is 0 Å². The van der Waals surface area contributed by atoms with Crippen LogP contribution in [0.4, 0.5) is 0 Å². The van der Waals surface area contributed by atoms with E-state index in [1.807, 2.05) is 12.1 Å². The van der Waals surface area contributed by atoms with Crippen LogP contribution in [0.5, 0.6) is 0 Å². The van der Waals surface area contributed by atoms with Gasteiger partial charge >= 0.3 is 0 Å². The zero-order valence-corrected chi connectivity index (χ0v) is 12.1. The van der Waals surface area contributed by atoms with Gasteiger partial charge in [-0.2, -0.15) is 0 Å². The van der Waals surface area contributed by atoms with Crippen LogP contribution in [0.25, 0.3) is 0 Å². The van der Waals surface area contributed by atoms with Crippen LogP contribution in [0.1, 0.15) is 18.4 Å². The molecule has 20 heavy (non-hydrogen) atoms. The van der Waals surface area contributed by atoms with E-state index in [9.17, 15) is 8.42 Å². The molecule has 3 N–H and O–H groups in total. The maximum atomic E-state index is 11.2. The van der Waals surface area contributed by atoms with Gasteiger partial charge < -0.3 is 5.32 Å². The Kier molecular flexibility index (Phi) is 3.67. The summed E-state index contributed by atoms with van der Waals surface area (Å²) in [4.78, 5) is 0.166. The average molecular weight is 292 g/mol. The maximum absolute atomic E-state index is 11.2. The molecule has 0 saturated heterocycles. The summed E-state index contributed by atoms with van der Waals surface area (Å²) in [6, 6.07) is 6.75. The first-order valence-corrected chi connectivity index (χ1v) is 8.58. The molecule has 4 nitrogen and oxygen atoms in total. The average Bonchev–Trinajstić information content (AvgIpc) is 3.00. The van der Waals surface area contributed by atoms with Crippen molar-refractivity contribution in [1.82, 2.24) is 5.32 Å². The molecule has 3 unspecified atom stereocenters. The number of benzene rings is 1. The zero-order valence-electron chi connectivity index (χ0n) is 11.3. The lowest BCUT2D eigenvalue weighted by Gasteiger charge is -2.18. The predicted octanol–water partition coefficient (Wildman–Crippen LogP) is 1.64. The number of nitrogens with one attached hydrogen (secondary N) is 1. The molecular formula is C15H20N2O2S. The van der Waals surface area contributed by atoms with Crippen LogP contribution in [-0.2, 0) is 16.6 Å². The van der Waals surface area contributed by atoms with Crippen LogP contribution >= 0.6 is 0 Å². The summed E-state index contributed by atoms with van der Waals surface area (Å²) in [6.07, 6.45) is 7.35. The highest BCUT2D eigenvalue weighted by Gasteiger charge is 2.34. The Morgan fingerprint density at radius 1 is 1.15 bits per heavy atom. The van der Waals surface area contributed by atoms with Gasteiger partial charge in [0, 0.05) is 6.54 Å². The molecule has 1 aromatic carbocycles. The molecule has 0 aliphatic heterocycles. The Hall–Kier alpha value is -1.17. The minimum absolute atomic E-state index is 0.166. The number of rotatable bonds is 5. The number of nitrogens with two attached hydrogens (primary N) is 1. The smallest absolute Gasteiger partial charge is 0.238 e. The summed E-state index contributed by atoms with van der Waals surface area (Å²) in [7, 11) is -3.59. The number of primary sulfonamides is 1. The molecule has 0 radical (unpaired) electrons. The molecule has 0 spiro atoms. The number of allylic oxidation sites excluding steroid dienone is 2. The molecule has 2 bridgehead atoms. The Bertz CT molecular complexity index is 607. The molecule has 5 heteroatoms. The van der Waals surface area contributed by atoms with Gasteiger partial charge in [0.25, 0.3) is 0 Å². The van der Waals surface area contributed by atoms with E-state index in [1.165, 1.54) is 12.8 Å². The highest BCUT2D eigenvalue weighted by molar-refractivity contribution is 7.89. The topological polar surface area (TPSA) is 72.2 Å². The zero-order chi connectivity index (χ0) is 14.2. The van der Waals surface area contributed by atoms with E-state index < -0.39 is 10.0 Å². The van der Waals surface area contributed by atoms with Gasteiger partial charge in [-0.05, 0) is 54.8 Å². The monoisotopic (exact) mass is 292 g/mol. The van der Waals surface area contributed by atoms with Crippen molar-refractivity contribution in [2.24, 2.45) is 22.9 Å². The molecule has 1 saturated carbocycles. The summed E-state index contributed by atoms with van der Waals surface area (Å²) < 4.78 is 22.3. The van der Waals surface area contributed by atoms with Gasteiger partial charge in [0.15, 0.2) is 0 Å². The summed E-state index contributed by atoms with van der Waals surface area (Å²) in [5.41, 5.74) is 1.08. The third-order valence-corrected chi connectivity index (χ3v) is 5.33. The second-order valence-corrected chi connectivity index (χ2v) is 7.42. The quantitative estimate of drug-likeness (QED) is 0.810. The first kappa shape index (κ1) is 13.8. The van der Waals surface area contributed by atoms with Crippen molar-refractivity contribution >= 4 is 10.0 Å². The fourth-order valence-corrected chi connectivity index (χ4v) is 3.84. The minimum Gasteiger partial charge on any atom is -0.312 e. The molecule has 108 valence electrons. The van der Waals surface area contributed by atoms with Crippen molar-refractivity contribution < 1.29 is 8.42 Å². The van der Waals surface area contributed by atoms with E-state index in [0.29, 0.717) is 0 Å². The number of fused-ring (bicyclic) bond motifs is 2. The van der Waals surface area contributed by atoms with Crippen LogP contribution in [0.3, 0.4) is 0 Å². The lowest BCUT2D eigenvalue weighted by molar-refractivity contribution is 0.414. The van der Waals surface area contributed by atoms with Crippen molar-refractivity contribution in [2.75, 3.05) is 6.54 Å². The normalized spacial score (nSPS) is 28.1. The lowest BCUT2D eigenvalue weighted by Crippen LogP contribution is -2.25. The molecule has 2 aliphatic rings. The molecule has 0 aromatic heterocycles. The maximum Gasteiger partial charge on any atom is 0.238 e. The van der Waals surface area contributed by atoms with E-state index in [4.69, 9.17) is 5.14 Å². The molecule has 2 aliphatic carbocycles. The third-order valence-electron chi connectivity index (χ3n) is 4.40. The fourth-order valence-electron chi connectivity index (χ4n) is 3.33. The molecule has 0 heterocycles. The van der Waals surface area contributed by atoms with Crippen LogP contribution in [-0.4, -0.2) is 15.0 Å². The first-order valence-electron chi connectivity index (χ1n) is 7.03. The van der Waals surface area contributed by atoms with Crippen molar-refractivity contribution in [1.29, 1.82) is 0 Å². The Balaban J connectivity index is 1.50. The van der Waals surface area contributed by atoms with Crippen LogP contribution in [0, 0.1) is 17.8 Å². The van der Waals surface area contributed by atoms with Crippen LogP contribution < -0.4 is 10.5 Å². The van der Waals surface area contributed by atoms with Gasteiger partial charge in [-0.3, -0.25) is 0 Å². The van der Waals surface area contributed by atoms with Crippen molar-refractivity contribution in [3.05, 3.63) is 42.0 Å². The van der Waals surface area contributed by atoms with Crippen LogP contribution in [0.15, 0.2) is 41.3 Å². The number of hydrogen-bond acceptors (Lipinski definition) is 3. The van der Waals surface area contributed by atoms with E-state index in [0.717, 1.165) is 36.4 Å². The second kappa shape index (κ2) is 5.31. The van der Waals surface area contributed by atoms with Gasteiger partial charge in [-0.1, -0.05) is 24.3 Å². The summed E-state index contributed by atoms with van der Waals surface area (Å²) in [6.45, 7) is 1.80. The largest absolute Gasteiger partial charge is 0.312 e. The Labute approximate surface area is 120 Å². The fraction of sp³-hybridized carbons (Fsp3) is 0.467. The SMILES string of the molecule is NS(=O)(=O)c1ccc(CNCC2CC3C=CC2C3)cc1. The standard InChI is InChI=1S/C15H20N2O2S/c16-20(18,19)15-5-2-11(3-6-15)9-17-10-14-8-12-1-4-13(14)7-12/h1-6,12-14,17H,7-10H2,(H2,16,18,19). The molecule has 0 amide bonds. The minimum atomic E-state index is -3.59. The lowest BCUT2D eigenvalue weighted by atomic mass is 9.93. The van der Waals surface area contributed by atoms with Crippen molar-refractivity contribution in [3.8, 4) is 0 Å². The van der Waals surface area contributed by atoms with Gasteiger partial charge in [0.05, 0.1) is 4.90 Å². The molecular weight excluding hydrogens is 272 g/mol. The highest BCUT2D eigenvalue weighted by atomic mass is 32.2. The molecule has 1 fully saturated rings. The Morgan fingerprint density at radius 2 is 1.90 bits per heavy atom. The van der Waals surface area contributed by atoms with Crippen molar-refractivity contribution in [2.45, 2.75) is 24.3 Å². The number of hydrogen-bond donors (Lipinski definition) is 2. The van der Waals surface area contributed by atoms with Gasteiger partial charge in [-0.15, -0.1) is 0 Å². The van der Waals surface area contributed by atoms with Gasteiger partial charge in [0.1, 0.15) is 0 Å². The third kappa shape index (κ3) is 2.95. The summed E-state index contributed by atoms with van der Waals surface area (Å²) in [5.74, 6) is 2.33. The van der Waals surface area contributed by atoms with Gasteiger partial charge in [-0.25, -0.2) is 13.6 Å². The molecule has 3 rings (SSSR count). The van der Waals surface area contributed by atoms with Crippen molar-refractivity contribution in [3.63, 3.8) is 0 Å². The first-order chi connectivity index (χ1) is 9.52. The molecule has 3 atom stereocenters. The van der Waals surface area contributed by atoms with Gasteiger partial charge in [0.2, 0.25) is 10.0 Å². The van der Waals surface area contributed by atoms with E-state index in [-0.39, 0.29) is 4.90 Å².